The van der Waals surface area contributed by atoms with Crippen LogP contribution in [0.25, 0.3) is 0 Å². The van der Waals surface area contributed by atoms with Crippen molar-refractivity contribution in [3.63, 3.8) is 0 Å². The van der Waals surface area contributed by atoms with Gasteiger partial charge in [-0.1, -0.05) is 0 Å². The Morgan fingerprint density at radius 1 is 1.57 bits per heavy atom. The number of aromatic nitrogens is 2. The van der Waals surface area contributed by atoms with Crippen molar-refractivity contribution >= 4 is 7.60 Å². The zero-order valence-corrected chi connectivity index (χ0v) is 12.8. The monoisotopic (exact) mass is 350 g/mol. The summed E-state index contributed by atoms with van der Waals surface area (Å²) >= 11 is 0. The lowest BCUT2D eigenvalue weighted by molar-refractivity contribution is -0.326. The van der Waals surface area contributed by atoms with E-state index in [2.05, 4.69) is 0 Å². The Bertz CT molecular complexity index is 723. The fourth-order valence-electron chi connectivity index (χ4n) is 2.30. The first-order valence-electron chi connectivity index (χ1n) is 6.51. The molecule has 0 saturated carbocycles. The molecular weight excluding hydrogens is 335 g/mol. The van der Waals surface area contributed by atoms with Gasteiger partial charge in [-0.25, -0.2) is 4.79 Å². The Morgan fingerprint density at radius 2 is 2.22 bits per heavy atom. The number of nitrogens with zero attached hydrogens (tertiary/aromatic N) is 1. The summed E-state index contributed by atoms with van der Waals surface area (Å²) < 4.78 is 21.7. The van der Waals surface area contributed by atoms with Gasteiger partial charge in [0.2, 0.25) is 0 Å². The summed E-state index contributed by atoms with van der Waals surface area (Å²) in [5, 5.41) is 19.2. The number of aromatic amines is 1. The van der Waals surface area contributed by atoms with E-state index in [1.54, 1.807) is 0 Å². The van der Waals surface area contributed by atoms with Crippen LogP contribution in [0.1, 0.15) is 18.2 Å². The molecule has 0 aromatic carbocycles. The smallest absolute Gasteiger partial charge is 0.330 e. The molecule has 0 bridgehead atoms. The van der Waals surface area contributed by atoms with Crippen molar-refractivity contribution in [1.82, 2.24) is 9.55 Å². The van der Waals surface area contributed by atoms with Gasteiger partial charge in [-0.05, 0) is 7.60 Å². The average Bonchev–Trinajstić information content (AvgIpc) is 2.81. The predicted molar refractivity (Wildman–Crippen MR) is 70.2 cm³/mol. The predicted octanol–water partition coefficient (Wildman–Crippen LogP) is -3.44. The van der Waals surface area contributed by atoms with Gasteiger partial charge < -0.3 is 34.0 Å². The lowest BCUT2D eigenvalue weighted by Crippen LogP contribution is -2.40. The molecule has 1 fully saturated rings. The standard InChI is InChI=1S/C11H17N2O9P/c1-21-4-5-3-13(11(17)12-9(5)15)7-2-6(14)8(22-7)10(16)23(18,19)20/h3,6-8,10,14,16H,2,4H2,1H3,(H,12,15,17)(H2,18,19,20)/p-2/t6-,7+,8-,10?/m0/s1. The third-order valence-electron chi connectivity index (χ3n) is 3.41. The zero-order valence-electron chi connectivity index (χ0n) is 11.9. The first-order valence-corrected chi connectivity index (χ1v) is 8.13. The molecule has 12 heteroatoms. The van der Waals surface area contributed by atoms with Crippen molar-refractivity contribution in [1.29, 1.82) is 0 Å². The van der Waals surface area contributed by atoms with Crippen molar-refractivity contribution in [2.45, 2.75) is 37.3 Å². The summed E-state index contributed by atoms with van der Waals surface area (Å²) in [7, 11) is -4.05. The van der Waals surface area contributed by atoms with E-state index in [0.29, 0.717) is 0 Å². The molecule has 0 amide bonds. The molecule has 0 spiro atoms. The van der Waals surface area contributed by atoms with Gasteiger partial charge in [-0.2, -0.15) is 0 Å². The first-order chi connectivity index (χ1) is 10.6. The lowest BCUT2D eigenvalue weighted by atomic mass is 10.2. The molecule has 1 aromatic heterocycles. The van der Waals surface area contributed by atoms with Crippen LogP contribution in [0.15, 0.2) is 15.8 Å². The number of ether oxygens (including phenoxy) is 2. The molecule has 2 heterocycles. The molecule has 1 aliphatic rings. The van der Waals surface area contributed by atoms with Crippen molar-refractivity contribution < 1.29 is 34.0 Å². The van der Waals surface area contributed by atoms with Gasteiger partial charge in [0.1, 0.15) is 18.2 Å². The maximum atomic E-state index is 11.8. The molecule has 11 nitrogen and oxygen atoms in total. The van der Waals surface area contributed by atoms with Crippen molar-refractivity contribution in [2.75, 3.05) is 7.11 Å². The molecule has 1 aromatic rings. The average molecular weight is 350 g/mol. The van der Waals surface area contributed by atoms with Crippen LogP contribution in [-0.4, -0.2) is 44.9 Å². The molecule has 2 rings (SSSR count). The summed E-state index contributed by atoms with van der Waals surface area (Å²) in [4.78, 5) is 47.1. The largest absolute Gasteiger partial charge is 0.809 e. The minimum absolute atomic E-state index is 0.0900. The second kappa shape index (κ2) is 6.65. The first kappa shape index (κ1) is 18.0. The van der Waals surface area contributed by atoms with Crippen LogP contribution in [0.3, 0.4) is 0 Å². The number of nitrogens with one attached hydrogen (secondary N) is 1. The summed E-state index contributed by atoms with van der Waals surface area (Å²) in [6, 6.07) is 0. The Hall–Kier alpha value is -1.33. The second-order valence-electron chi connectivity index (χ2n) is 5.07. The molecule has 4 atom stereocenters. The molecule has 0 aliphatic carbocycles. The maximum Gasteiger partial charge on any atom is 0.330 e. The van der Waals surface area contributed by atoms with Crippen molar-refractivity contribution in [2.24, 2.45) is 0 Å². The van der Waals surface area contributed by atoms with Crippen LogP contribution in [-0.2, 0) is 20.6 Å². The Kier molecular flexibility index (Phi) is 5.21. The fraction of sp³-hybridized carbons (Fsp3) is 0.636. The van der Waals surface area contributed by atoms with Crippen LogP contribution in [0.5, 0.6) is 0 Å². The van der Waals surface area contributed by atoms with Crippen LogP contribution < -0.4 is 21.0 Å². The van der Waals surface area contributed by atoms with Gasteiger partial charge in [0.15, 0.2) is 0 Å². The molecule has 1 aliphatic heterocycles. The summed E-state index contributed by atoms with van der Waals surface area (Å²) in [5.41, 5.74) is -1.41. The third-order valence-corrected chi connectivity index (χ3v) is 4.35. The van der Waals surface area contributed by atoms with Gasteiger partial charge in [0.05, 0.1) is 18.3 Å². The minimum atomic E-state index is -5.40. The number of aliphatic hydroxyl groups is 2. The van der Waals surface area contributed by atoms with Crippen LogP contribution in [0.4, 0.5) is 0 Å². The molecular formula is C11H15N2O9P-2. The van der Waals surface area contributed by atoms with Gasteiger partial charge in [-0.3, -0.25) is 14.3 Å². The van der Waals surface area contributed by atoms with Crippen LogP contribution >= 0.6 is 7.60 Å². The van der Waals surface area contributed by atoms with E-state index in [-0.39, 0.29) is 18.6 Å². The maximum absolute atomic E-state index is 11.8. The van der Waals surface area contributed by atoms with Crippen molar-refractivity contribution in [3.8, 4) is 0 Å². The lowest BCUT2D eigenvalue weighted by Gasteiger charge is -2.38. The molecule has 1 saturated heterocycles. The number of methoxy groups -OCH3 is 1. The van der Waals surface area contributed by atoms with E-state index in [9.17, 15) is 34.2 Å². The summed E-state index contributed by atoms with van der Waals surface area (Å²) in [6.07, 6.45) is -3.43. The topological polar surface area (TPSA) is 177 Å². The highest BCUT2D eigenvalue weighted by atomic mass is 31.2. The van der Waals surface area contributed by atoms with Gasteiger partial charge in [-0.15, -0.1) is 0 Å². The van der Waals surface area contributed by atoms with E-state index in [0.717, 1.165) is 10.8 Å². The van der Waals surface area contributed by atoms with Crippen molar-refractivity contribution in [3.05, 3.63) is 32.6 Å². The van der Waals surface area contributed by atoms with Crippen LogP contribution in [0, 0.1) is 0 Å². The normalized spacial score (nSPS) is 26.4. The molecule has 130 valence electrons. The van der Waals surface area contributed by atoms with Gasteiger partial charge >= 0.3 is 5.69 Å². The van der Waals surface area contributed by atoms with Crippen LogP contribution in [0.2, 0.25) is 0 Å². The molecule has 23 heavy (non-hydrogen) atoms. The highest BCUT2D eigenvalue weighted by Gasteiger charge is 2.41. The van der Waals surface area contributed by atoms with E-state index >= 15 is 0 Å². The van der Waals surface area contributed by atoms with E-state index in [4.69, 9.17) is 9.47 Å². The second-order valence-corrected chi connectivity index (χ2v) is 6.67. The van der Waals surface area contributed by atoms with E-state index < -0.39 is 43.1 Å². The Morgan fingerprint density at radius 3 is 2.78 bits per heavy atom. The Labute approximate surface area is 129 Å². The molecule has 1 unspecified atom stereocenters. The number of rotatable bonds is 5. The summed E-state index contributed by atoms with van der Waals surface area (Å²) in [5.74, 6) is -2.44. The van der Waals surface area contributed by atoms with E-state index in [1.165, 1.54) is 7.11 Å². The van der Waals surface area contributed by atoms with Gasteiger partial charge in [0, 0.05) is 19.7 Å². The zero-order chi connectivity index (χ0) is 17.4. The van der Waals surface area contributed by atoms with Gasteiger partial charge in [0.25, 0.3) is 5.56 Å². The number of H-pyrrole nitrogens is 1. The van der Waals surface area contributed by atoms with E-state index in [1.807, 2.05) is 4.98 Å². The third kappa shape index (κ3) is 3.78. The minimum Gasteiger partial charge on any atom is -0.809 e. The fourth-order valence-corrected chi connectivity index (χ4v) is 2.92. The number of aliphatic hydroxyl groups excluding tert-OH is 2. The summed E-state index contributed by atoms with van der Waals surface area (Å²) in [6.45, 7) is -0.0900. The highest BCUT2D eigenvalue weighted by Crippen LogP contribution is 2.40. The quantitative estimate of drug-likeness (QED) is 0.456. The number of hydrogen-bond donors (Lipinski definition) is 3. The molecule has 0 radical (unpaired) electrons. The number of hydrogen-bond acceptors (Lipinski definition) is 9. The highest BCUT2D eigenvalue weighted by molar-refractivity contribution is 7.49. The molecule has 3 N–H and O–H groups in total. The Balaban J connectivity index is 2.31. The SMILES string of the molecule is COCc1cn([C@H]2C[C@H](O)[C@@H](C(O)P(=O)([O-])[O-])O2)c(=O)[nH]c1=O.